The molecule has 1 aromatic carbocycles. The summed E-state index contributed by atoms with van der Waals surface area (Å²) in [6, 6.07) is 6.46. The van der Waals surface area contributed by atoms with Crippen molar-refractivity contribution in [2.45, 2.75) is 20.3 Å². The topological polar surface area (TPSA) is 41.6 Å². The van der Waals surface area contributed by atoms with Crippen LogP contribution in [-0.2, 0) is 6.42 Å². The van der Waals surface area contributed by atoms with Gasteiger partial charge in [0.05, 0.1) is 0 Å². The van der Waals surface area contributed by atoms with E-state index in [-0.39, 0.29) is 0 Å². The van der Waals surface area contributed by atoms with Crippen LogP contribution in [0.1, 0.15) is 22.5 Å². The minimum atomic E-state index is 0.821. The Kier molecular flexibility index (Phi) is 2.31. The molecule has 0 fully saturated rings. The second kappa shape index (κ2) is 3.62. The molecule has 1 N–H and O–H groups in total. The van der Waals surface area contributed by atoms with Crippen LogP contribution < -0.4 is 0 Å². The molecule has 14 heavy (non-hydrogen) atoms. The first-order chi connectivity index (χ1) is 6.75. The summed E-state index contributed by atoms with van der Waals surface area (Å²) in [5.74, 6) is 0.910. The van der Waals surface area contributed by atoms with Crippen molar-refractivity contribution in [1.29, 1.82) is 0 Å². The molecule has 72 valence electrons. The first-order valence-electron chi connectivity index (χ1n) is 4.66. The summed E-state index contributed by atoms with van der Waals surface area (Å²) < 4.78 is 0. The maximum absolute atomic E-state index is 4.10. The van der Waals surface area contributed by atoms with Crippen molar-refractivity contribution < 1.29 is 0 Å². The summed E-state index contributed by atoms with van der Waals surface area (Å²) in [7, 11) is 0. The molecule has 0 unspecified atom stereocenters. The Labute approximate surface area is 83.2 Å². The van der Waals surface area contributed by atoms with Crippen LogP contribution in [0.4, 0.5) is 0 Å². The SMILES string of the molecule is Cc1ccc(Cc2ncn[nH]2)cc1C. The third kappa shape index (κ3) is 1.82. The van der Waals surface area contributed by atoms with E-state index < -0.39 is 0 Å². The molecule has 0 spiro atoms. The van der Waals surface area contributed by atoms with E-state index in [1.807, 2.05) is 0 Å². The van der Waals surface area contributed by atoms with Crippen LogP contribution in [0.25, 0.3) is 0 Å². The van der Waals surface area contributed by atoms with E-state index in [9.17, 15) is 0 Å². The number of benzene rings is 1. The van der Waals surface area contributed by atoms with Gasteiger partial charge < -0.3 is 0 Å². The fourth-order valence-electron chi connectivity index (χ4n) is 1.42. The van der Waals surface area contributed by atoms with E-state index in [4.69, 9.17) is 0 Å². The van der Waals surface area contributed by atoms with Gasteiger partial charge in [-0.25, -0.2) is 4.98 Å². The molecule has 0 aliphatic rings. The molecule has 0 radical (unpaired) electrons. The molecule has 0 aliphatic carbocycles. The predicted octanol–water partition coefficient (Wildman–Crippen LogP) is 2.01. The molecule has 0 bridgehead atoms. The van der Waals surface area contributed by atoms with Crippen LogP contribution in [-0.4, -0.2) is 15.2 Å². The van der Waals surface area contributed by atoms with E-state index in [0.29, 0.717) is 0 Å². The number of rotatable bonds is 2. The van der Waals surface area contributed by atoms with Crippen molar-refractivity contribution in [2.75, 3.05) is 0 Å². The predicted molar refractivity (Wildman–Crippen MR) is 55.1 cm³/mol. The van der Waals surface area contributed by atoms with E-state index in [1.165, 1.54) is 23.0 Å². The van der Waals surface area contributed by atoms with Gasteiger partial charge in [-0.1, -0.05) is 18.2 Å². The summed E-state index contributed by atoms with van der Waals surface area (Å²) in [5.41, 5.74) is 3.91. The average molecular weight is 187 g/mol. The van der Waals surface area contributed by atoms with Gasteiger partial charge in [0.2, 0.25) is 0 Å². The molecule has 0 amide bonds. The minimum Gasteiger partial charge on any atom is -0.263 e. The van der Waals surface area contributed by atoms with Crippen LogP contribution in [0.2, 0.25) is 0 Å². The molecule has 1 aromatic heterocycles. The van der Waals surface area contributed by atoms with E-state index in [2.05, 4.69) is 47.2 Å². The normalized spacial score (nSPS) is 10.4. The highest BCUT2D eigenvalue weighted by molar-refractivity contribution is 5.31. The summed E-state index contributed by atoms with van der Waals surface area (Å²) >= 11 is 0. The third-order valence-electron chi connectivity index (χ3n) is 2.41. The molecule has 0 saturated heterocycles. The van der Waals surface area contributed by atoms with Gasteiger partial charge in [0, 0.05) is 6.42 Å². The zero-order valence-electron chi connectivity index (χ0n) is 8.41. The smallest absolute Gasteiger partial charge is 0.137 e. The second-order valence-electron chi connectivity index (χ2n) is 3.53. The summed E-state index contributed by atoms with van der Waals surface area (Å²) in [6.07, 6.45) is 2.36. The first-order valence-corrected chi connectivity index (χ1v) is 4.66. The van der Waals surface area contributed by atoms with Gasteiger partial charge >= 0.3 is 0 Å². The highest BCUT2D eigenvalue weighted by Crippen LogP contribution is 2.11. The molecule has 3 nitrogen and oxygen atoms in total. The van der Waals surface area contributed by atoms with E-state index >= 15 is 0 Å². The number of nitrogens with zero attached hydrogens (tertiary/aromatic N) is 2. The molecular formula is C11H13N3. The van der Waals surface area contributed by atoms with Crippen LogP contribution in [0.15, 0.2) is 24.5 Å². The van der Waals surface area contributed by atoms with Gasteiger partial charge in [0.15, 0.2) is 0 Å². The van der Waals surface area contributed by atoms with E-state index in [1.54, 1.807) is 0 Å². The lowest BCUT2D eigenvalue weighted by atomic mass is 10.0. The van der Waals surface area contributed by atoms with Crippen molar-refractivity contribution in [1.82, 2.24) is 15.2 Å². The Hall–Kier alpha value is -1.64. The molecule has 2 rings (SSSR count). The van der Waals surface area contributed by atoms with Gasteiger partial charge in [-0.3, -0.25) is 5.10 Å². The van der Waals surface area contributed by atoms with Crippen LogP contribution in [0, 0.1) is 13.8 Å². The van der Waals surface area contributed by atoms with Gasteiger partial charge in [-0.05, 0) is 30.5 Å². The Balaban J connectivity index is 2.22. The van der Waals surface area contributed by atoms with Crippen molar-refractivity contribution in [2.24, 2.45) is 0 Å². The molecule has 3 heteroatoms. The van der Waals surface area contributed by atoms with Gasteiger partial charge in [-0.15, -0.1) is 0 Å². The minimum absolute atomic E-state index is 0.821. The van der Waals surface area contributed by atoms with Crippen molar-refractivity contribution in [3.8, 4) is 0 Å². The fraction of sp³-hybridized carbons (Fsp3) is 0.273. The van der Waals surface area contributed by atoms with Gasteiger partial charge in [0.25, 0.3) is 0 Å². The molecule has 0 aliphatic heterocycles. The summed E-state index contributed by atoms with van der Waals surface area (Å²) in [4.78, 5) is 4.10. The quantitative estimate of drug-likeness (QED) is 0.781. The van der Waals surface area contributed by atoms with Crippen LogP contribution in [0.5, 0.6) is 0 Å². The molecule has 2 aromatic rings. The van der Waals surface area contributed by atoms with Crippen LogP contribution in [0.3, 0.4) is 0 Å². The average Bonchev–Trinajstić information content (AvgIpc) is 2.64. The highest BCUT2D eigenvalue weighted by Gasteiger charge is 2.00. The van der Waals surface area contributed by atoms with Crippen molar-refractivity contribution >= 4 is 0 Å². The lowest BCUT2D eigenvalue weighted by Crippen LogP contribution is -1.92. The fourth-order valence-corrected chi connectivity index (χ4v) is 1.42. The number of nitrogens with one attached hydrogen (secondary N) is 1. The summed E-state index contributed by atoms with van der Waals surface area (Å²) in [5, 5.41) is 6.68. The lowest BCUT2D eigenvalue weighted by molar-refractivity contribution is 0.970. The standard InChI is InChI=1S/C11H13N3/c1-8-3-4-10(5-9(8)2)6-11-12-7-13-14-11/h3-5,7H,6H2,1-2H3,(H,12,13,14). The number of hydrogen-bond donors (Lipinski definition) is 1. The molecular weight excluding hydrogens is 174 g/mol. The highest BCUT2D eigenvalue weighted by atomic mass is 15.2. The number of H-pyrrole nitrogens is 1. The number of hydrogen-bond acceptors (Lipinski definition) is 2. The zero-order valence-corrected chi connectivity index (χ0v) is 8.41. The molecule has 0 atom stereocenters. The monoisotopic (exact) mass is 187 g/mol. The maximum Gasteiger partial charge on any atom is 0.137 e. The molecule has 0 saturated carbocycles. The Bertz CT molecular complexity index is 418. The first kappa shape index (κ1) is 8.94. The van der Waals surface area contributed by atoms with Crippen molar-refractivity contribution in [3.63, 3.8) is 0 Å². The number of aromatic nitrogens is 3. The van der Waals surface area contributed by atoms with Crippen LogP contribution >= 0.6 is 0 Å². The molecule has 1 heterocycles. The maximum atomic E-state index is 4.10. The third-order valence-corrected chi connectivity index (χ3v) is 2.41. The number of aryl methyl sites for hydroxylation is 2. The zero-order chi connectivity index (χ0) is 9.97. The summed E-state index contributed by atoms with van der Waals surface area (Å²) in [6.45, 7) is 4.24. The van der Waals surface area contributed by atoms with Crippen molar-refractivity contribution in [3.05, 3.63) is 47.0 Å². The van der Waals surface area contributed by atoms with E-state index in [0.717, 1.165) is 12.2 Å². The second-order valence-corrected chi connectivity index (χ2v) is 3.53. The van der Waals surface area contributed by atoms with Gasteiger partial charge in [0.1, 0.15) is 12.2 Å². The van der Waals surface area contributed by atoms with Gasteiger partial charge in [-0.2, -0.15) is 5.10 Å². The Morgan fingerprint density at radius 2 is 2.07 bits per heavy atom. The Morgan fingerprint density at radius 3 is 2.71 bits per heavy atom. The lowest BCUT2D eigenvalue weighted by Gasteiger charge is -2.02. The Morgan fingerprint density at radius 1 is 1.21 bits per heavy atom. The number of aromatic amines is 1. The largest absolute Gasteiger partial charge is 0.263 e.